The van der Waals surface area contributed by atoms with Gasteiger partial charge in [0.1, 0.15) is 11.8 Å². The maximum absolute atomic E-state index is 13.0. The Morgan fingerprint density at radius 1 is 1.11 bits per heavy atom. The fourth-order valence-corrected chi connectivity index (χ4v) is 4.97. The van der Waals surface area contributed by atoms with E-state index in [0.717, 1.165) is 5.56 Å². The topological polar surface area (TPSA) is 125 Å². The van der Waals surface area contributed by atoms with Crippen molar-refractivity contribution in [2.75, 3.05) is 46.1 Å². The number of nitrogens with zero attached hydrogens (tertiary/aromatic N) is 2. The average Bonchev–Trinajstić information content (AvgIpc) is 2.90. The molecule has 0 bridgehead atoms. The molecule has 2 aromatic rings. The van der Waals surface area contributed by atoms with E-state index in [4.69, 9.17) is 14.6 Å². The number of morpholine rings is 1. The van der Waals surface area contributed by atoms with Crippen LogP contribution >= 0.6 is 0 Å². The molecule has 3 rings (SSSR count). The summed E-state index contributed by atoms with van der Waals surface area (Å²) in [5.41, 5.74) is 0.848. The predicted molar refractivity (Wildman–Crippen MR) is 128 cm³/mol. The molecule has 1 saturated heterocycles. The van der Waals surface area contributed by atoms with E-state index in [9.17, 15) is 18.0 Å². The molecule has 1 atom stereocenters. The normalized spacial score (nSPS) is 15.3. The maximum atomic E-state index is 13.0. The molecule has 1 aliphatic rings. The Morgan fingerprint density at radius 2 is 1.77 bits per heavy atom. The van der Waals surface area contributed by atoms with Crippen LogP contribution in [0.1, 0.15) is 12.5 Å². The van der Waals surface area contributed by atoms with Gasteiger partial charge in [-0.05, 0) is 36.8 Å². The van der Waals surface area contributed by atoms with Gasteiger partial charge in [-0.2, -0.15) is 4.31 Å². The maximum Gasteiger partial charge on any atom is 0.261 e. The molecule has 0 spiro atoms. The number of carbonyl (C=O) groups is 2. The van der Waals surface area contributed by atoms with E-state index in [0.29, 0.717) is 32.1 Å². The number of ether oxygens (including phenoxy) is 2. The highest BCUT2D eigenvalue weighted by Gasteiger charge is 2.27. The second-order valence-corrected chi connectivity index (χ2v) is 9.91. The lowest BCUT2D eigenvalue weighted by atomic mass is 10.1. The number of amides is 2. The predicted octanol–water partition coefficient (Wildman–Crippen LogP) is 0.612. The molecule has 0 aromatic heterocycles. The Morgan fingerprint density at radius 3 is 2.40 bits per heavy atom. The Labute approximate surface area is 205 Å². The smallest absolute Gasteiger partial charge is 0.261 e. The number of hydrogen-bond donors (Lipinski definition) is 2. The first-order chi connectivity index (χ1) is 16.8. The molecule has 0 aliphatic carbocycles. The van der Waals surface area contributed by atoms with Gasteiger partial charge in [0.2, 0.25) is 15.9 Å². The molecule has 2 N–H and O–H groups in total. The molecule has 190 valence electrons. The van der Waals surface area contributed by atoms with Gasteiger partial charge in [-0.25, -0.2) is 8.42 Å². The van der Waals surface area contributed by atoms with E-state index < -0.39 is 22.0 Å². The van der Waals surface area contributed by atoms with Crippen molar-refractivity contribution in [3.63, 3.8) is 0 Å². The number of rotatable bonds is 11. The molecular weight excluding hydrogens is 474 g/mol. The summed E-state index contributed by atoms with van der Waals surface area (Å²) in [6.45, 7) is 2.69. The lowest BCUT2D eigenvalue weighted by Crippen LogP contribution is -2.49. The second-order valence-electron chi connectivity index (χ2n) is 7.97. The van der Waals surface area contributed by atoms with Crippen molar-refractivity contribution in [2.24, 2.45) is 0 Å². The third-order valence-electron chi connectivity index (χ3n) is 5.57. The van der Waals surface area contributed by atoms with Gasteiger partial charge >= 0.3 is 0 Å². The number of aliphatic hydroxyl groups excluding tert-OH is 1. The summed E-state index contributed by atoms with van der Waals surface area (Å²) in [5, 5.41) is 11.6. The minimum atomic E-state index is -3.63. The van der Waals surface area contributed by atoms with Crippen LogP contribution in [0.2, 0.25) is 0 Å². The molecule has 1 aliphatic heterocycles. The van der Waals surface area contributed by atoms with Crippen LogP contribution in [0, 0.1) is 0 Å². The molecule has 10 nitrogen and oxygen atoms in total. The number of carbonyl (C=O) groups excluding carboxylic acids is 2. The lowest BCUT2D eigenvalue weighted by molar-refractivity contribution is -0.142. The zero-order valence-corrected chi connectivity index (χ0v) is 20.4. The van der Waals surface area contributed by atoms with Gasteiger partial charge in [0, 0.05) is 26.2 Å². The Kier molecular flexibility index (Phi) is 9.61. The molecule has 1 fully saturated rings. The van der Waals surface area contributed by atoms with Gasteiger partial charge in [0.05, 0.1) is 24.7 Å². The molecule has 2 amide bonds. The number of sulfonamides is 1. The Balaban J connectivity index is 1.66. The Hall–Kier alpha value is -2.99. The minimum absolute atomic E-state index is 0.0900. The molecule has 0 radical (unpaired) electrons. The second kappa shape index (κ2) is 12.6. The van der Waals surface area contributed by atoms with Crippen LogP contribution < -0.4 is 10.1 Å². The summed E-state index contributed by atoms with van der Waals surface area (Å²) in [7, 11) is -3.63. The number of aliphatic hydroxyl groups is 1. The first-order valence-electron chi connectivity index (χ1n) is 11.4. The zero-order chi connectivity index (χ0) is 25.3. The van der Waals surface area contributed by atoms with Gasteiger partial charge in [-0.15, -0.1) is 0 Å². The average molecular weight is 506 g/mol. The van der Waals surface area contributed by atoms with Gasteiger partial charge in [0.15, 0.2) is 6.61 Å². The van der Waals surface area contributed by atoms with Crippen molar-refractivity contribution >= 4 is 21.8 Å². The first-order valence-corrected chi connectivity index (χ1v) is 12.8. The summed E-state index contributed by atoms with van der Waals surface area (Å²) < 4.78 is 37.7. The van der Waals surface area contributed by atoms with Crippen LogP contribution in [0.25, 0.3) is 0 Å². The highest BCUT2D eigenvalue weighted by Crippen LogP contribution is 2.21. The van der Waals surface area contributed by atoms with Crippen LogP contribution in [0.3, 0.4) is 0 Å². The van der Waals surface area contributed by atoms with Crippen molar-refractivity contribution in [1.29, 1.82) is 0 Å². The summed E-state index contributed by atoms with van der Waals surface area (Å²) in [6, 6.07) is 14.3. The fourth-order valence-electron chi connectivity index (χ4n) is 3.56. The fraction of sp³-hybridized carbons (Fsp3) is 0.417. The van der Waals surface area contributed by atoms with Crippen LogP contribution in [0.15, 0.2) is 59.5 Å². The van der Waals surface area contributed by atoms with Crippen LogP contribution in [0.5, 0.6) is 5.75 Å². The van der Waals surface area contributed by atoms with Crippen LogP contribution in [-0.2, 0) is 30.9 Å². The van der Waals surface area contributed by atoms with Crippen molar-refractivity contribution in [1.82, 2.24) is 14.5 Å². The molecule has 1 heterocycles. The van der Waals surface area contributed by atoms with Gasteiger partial charge in [0.25, 0.3) is 5.91 Å². The van der Waals surface area contributed by atoms with Gasteiger partial charge in [-0.1, -0.05) is 30.3 Å². The van der Waals surface area contributed by atoms with Gasteiger partial charge in [-0.3, -0.25) is 9.59 Å². The van der Waals surface area contributed by atoms with E-state index in [1.807, 2.05) is 30.3 Å². The lowest BCUT2D eigenvalue weighted by Gasteiger charge is -2.28. The molecule has 0 saturated carbocycles. The Bertz CT molecular complexity index is 1070. The van der Waals surface area contributed by atoms with Crippen molar-refractivity contribution in [2.45, 2.75) is 24.4 Å². The van der Waals surface area contributed by atoms with E-state index in [-0.39, 0.29) is 37.1 Å². The first kappa shape index (κ1) is 26.6. The highest BCUT2D eigenvalue weighted by molar-refractivity contribution is 7.89. The van der Waals surface area contributed by atoms with Crippen molar-refractivity contribution in [3.8, 4) is 5.75 Å². The SMILES string of the molecule is C[C@@H](C(=O)NCCO)N(Cc1ccccc1)C(=O)COc1ccc(S(=O)(=O)N2CCOCC2)cc1. The van der Waals surface area contributed by atoms with E-state index in [1.54, 1.807) is 6.92 Å². The van der Waals surface area contributed by atoms with Crippen LogP contribution in [0.4, 0.5) is 0 Å². The van der Waals surface area contributed by atoms with Crippen molar-refractivity contribution < 1.29 is 32.6 Å². The monoisotopic (exact) mass is 505 g/mol. The van der Waals surface area contributed by atoms with E-state index in [2.05, 4.69) is 5.32 Å². The quantitative estimate of drug-likeness (QED) is 0.458. The zero-order valence-electron chi connectivity index (χ0n) is 19.6. The number of hydrogen-bond acceptors (Lipinski definition) is 7. The largest absolute Gasteiger partial charge is 0.484 e. The molecule has 2 aromatic carbocycles. The summed E-state index contributed by atoms with van der Waals surface area (Å²) in [5.74, 6) is -0.470. The number of nitrogens with one attached hydrogen (secondary N) is 1. The standard InChI is InChI=1S/C24H31N3O7S/c1-19(24(30)25-11-14-28)27(17-20-5-3-2-4-6-20)23(29)18-34-21-7-9-22(10-8-21)35(31,32)26-12-15-33-16-13-26/h2-10,19,28H,11-18H2,1H3,(H,25,30)/t19-/m0/s1. The van der Waals surface area contributed by atoms with Crippen LogP contribution in [-0.4, -0.2) is 86.6 Å². The third-order valence-corrected chi connectivity index (χ3v) is 7.48. The molecule has 0 unspecified atom stereocenters. The number of benzene rings is 2. The minimum Gasteiger partial charge on any atom is -0.484 e. The van der Waals surface area contributed by atoms with E-state index in [1.165, 1.54) is 33.5 Å². The highest BCUT2D eigenvalue weighted by atomic mass is 32.2. The van der Waals surface area contributed by atoms with E-state index >= 15 is 0 Å². The third kappa shape index (κ3) is 7.25. The van der Waals surface area contributed by atoms with Crippen molar-refractivity contribution in [3.05, 3.63) is 60.2 Å². The molecule has 11 heteroatoms. The molecular formula is C24H31N3O7S. The molecule has 35 heavy (non-hydrogen) atoms. The summed E-state index contributed by atoms with van der Waals surface area (Å²) >= 11 is 0. The van der Waals surface area contributed by atoms with Gasteiger partial charge < -0.3 is 24.8 Å². The summed E-state index contributed by atoms with van der Waals surface area (Å²) in [6.07, 6.45) is 0. The summed E-state index contributed by atoms with van der Waals surface area (Å²) in [4.78, 5) is 27.0.